The maximum absolute atomic E-state index is 11.4. The van der Waals surface area contributed by atoms with Gasteiger partial charge in [-0.25, -0.2) is 14.5 Å². The largest absolute Gasteiger partial charge is 0.464 e. The predicted octanol–water partition coefficient (Wildman–Crippen LogP) is 0.648. The maximum Gasteiger partial charge on any atom is 0.360 e. The van der Waals surface area contributed by atoms with Gasteiger partial charge < -0.3 is 10.5 Å². The van der Waals surface area contributed by atoms with Gasteiger partial charge in [0.1, 0.15) is 0 Å². The fourth-order valence-corrected chi connectivity index (χ4v) is 1.49. The molecule has 2 N–H and O–H groups in total. The molecule has 0 atom stereocenters. The molecule has 2 aromatic rings. The van der Waals surface area contributed by atoms with E-state index in [1.807, 2.05) is 6.92 Å². The average molecular weight is 247 g/mol. The molecular weight excluding hydrogens is 234 g/mol. The van der Waals surface area contributed by atoms with Crippen molar-refractivity contribution in [1.29, 1.82) is 0 Å². The Morgan fingerprint density at radius 3 is 2.83 bits per heavy atom. The van der Waals surface area contributed by atoms with E-state index in [1.54, 1.807) is 13.1 Å². The van der Waals surface area contributed by atoms with E-state index in [1.165, 1.54) is 18.0 Å². The van der Waals surface area contributed by atoms with E-state index in [0.717, 1.165) is 5.69 Å². The lowest BCUT2D eigenvalue weighted by molar-refractivity contribution is 0.0594. The van der Waals surface area contributed by atoms with Crippen LogP contribution in [0.5, 0.6) is 0 Å². The molecular formula is C11H13N5O2. The van der Waals surface area contributed by atoms with Crippen molar-refractivity contribution in [2.75, 3.05) is 12.8 Å². The van der Waals surface area contributed by atoms with Crippen molar-refractivity contribution in [2.45, 2.75) is 13.8 Å². The number of methoxy groups -OCH3 is 1. The number of nitrogen functional groups attached to an aromatic ring is 1. The van der Waals surface area contributed by atoms with Gasteiger partial charge in [0, 0.05) is 6.20 Å². The van der Waals surface area contributed by atoms with Crippen LogP contribution in [0.25, 0.3) is 5.82 Å². The van der Waals surface area contributed by atoms with Crippen molar-refractivity contribution in [3.05, 3.63) is 29.5 Å². The molecule has 0 saturated carbocycles. The fraction of sp³-hybridized carbons (Fsp3) is 0.273. The predicted molar refractivity (Wildman–Crippen MR) is 64.4 cm³/mol. The molecule has 0 fully saturated rings. The van der Waals surface area contributed by atoms with Crippen LogP contribution in [0.2, 0.25) is 0 Å². The summed E-state index contributed by atoms with van der Waals surface area (Å²) in [6, 6.07) is 0. The number of nitrogens with two attached hydrogens (primary N) is 1. The van der Waals surface area contributed by atoms with Crippen LogP contribution in [0, 0.1) is 13.8 Å². The average Bonchev–Trinajstić information content (AvgIpc) is 2.73. The minimum Gasteiger partial charge on any atom is -0.464 e. The van der Waals surface area contributed by atoms with Crippen molar-refractivity contribution < 1.29 is 9.53 Å². The van der Waals surface area contributed by atoms with Crippen molar-refractivity contribution in [3.63, 3.8) is 0 Å². The van der Waals surface area contributed by atoms with E-state index in [9.17, 15) is 4.79 Å². The third-order valence-electron chi connectivity index (χ3n) is 2.39. The lowest BCUT2D eigenvalue weighted by Gasteiger charge is -2.04. The lowest BCUT2D eigenvalue weighted by atomic mass is 10.4. The fourth-order valence-electron chi connectivity index (χ4n) is 1.49. The number of aromatic nitrogens is 4. The van der Waals surface area contributed by atoms with Crippen LogP contribution >= 0.6 is 0 Å². The number of esters is 1. The standard InChI is InChI=1S/C11H13N5O2/c1-6-4-13-7(2)10(14-6)16-5-8(12)9(15-16)11(17)18-3/h4-5H,12H2,1-3H3. The first-order valence-corrected chi connectivity index (χ1v) is 5.27. The summed E-state index contributed by atoms with van der Waals surface area (Å²) in [7, 11) is 1.28. The van der Waals surface area contributed by atoms with Crippen molar-refractivity contribution in [1.82, 2.24) is 19.7 Å². The highest BCUT2D eigenvalue weighted by Crippen LogP contribution is 2.15. The van der Waals surface area contributed by atoms with E-state index in [2.05, 4.69) is 19.8 Å². The molecule has 0 spiro atoms. The van der Waals surface area contributed by atoms with Gasteiger partial charge >= 0.3 is 5.97 Å². The Morgan fingerprint density at radius 1 is 1.44 bits per heavy atom. The highest BCUT2D eigenvalue weighted by atomic mass is 16.5. The molecule has 2 rings (SSSR count). The molecule has 0 bridgehead atoms. The van der Waals surface area contributed by atoms with Crippen molar-refractivity contribution in [2.24, 2.45) is 0 Å². The summed E-state index contributed by atoms with van der Waals surface area (Å²) >= 11 is 0. The Hall–Kier alpha value is -2.44. The summed E-state index contributed by atoms with van der Waals surface area (Å²) < 4.78 is 6.02. The molecule has 2 heterocycles. The van der Waals surface area contributed by atoms with Gasteiger partial charge in [-0.1, -0.05) is 0 Å². The molecule has 2 aromatic heterocycles. The summed E-state index contributed by atoms with van der Waals surface area (Å²) in [4.78, 5) is 19.9. The number of hydrogen-bond donors (Lipinski definition) is 1. The van der Waals surface area contributed by atoms with Crippen LogP contribution in [0.15, 0.2) is 12.4 Å². The first kappa shape index (κ1) is 12.0. The molecule has 94 valence electrons. The molecule has 0 saturated heterocycles. The van der Waals surface area contributed by atoms with Gasteiger partial charge in [0.15, 0.2) is 11.5 Å². The minimum absolute atomic E-state index is 0.0696. The van der Waals surface area contributed by atoms with Gasteiger partial charge in [0.25, 0.3) is 0 Å². The zero-order valence-corrected chi connectivity index (χ0v) is 10.3. The van der Waals surface area contributed by atoms with Gasteiger partial charge in [-0.2, -0.15) is 5.10 Å². The van der Waals surface area contributed by atoms with Gasteiger partial charge in [0.05, 0.1) is 30.4 Å². The van der Waals surface area contributed by atoms with Crippen LogP contribution in [0.1, 0.15) is 21.9 Å². The number of aryl methyl sites for hydroxylation is 2. The third kappa shape index (κ3) is 2.02. The maximum atomic E-state index is 11.4. The second kappa shape index (κ2) is 4.44. The Labute approximate surface area is 104 Å². The monoisotopic (exact) mass is 247 g/mol. The number of nitrogens with zero attached hydrogens (tertiary/aromatic N) is 4. The molecule has 7 heteroatoms. The lowest BCUT2D eigenvalue weighted by Crippen LogP contribution is -2.08. The molecule has 0 amide bonds. The van der Waals surface area contributed by atoms with Gasteiger partial charge in [-0.15, -0.1) is 0 Å². The molecule has 0 radical (unpaired) electrons. The molecule has 0 unspecified atom stereocenters. The van der Waals surface area contributed by atoms with Gasteiger partial charge in [-0.3, -0.25) is 4.98 Å². The van der Waals surface area contributed by atoms with Crippen LogP contribution in [0.3, 0.4) is 0 Å². The van der Waals surface area contributed by atoms with Crippen molar-refractivity contribution >= 4 is 11.7 Å². The van der Waals surface area contributed by atoms with E-state index in [0.29, 0.717) is 11.5 Å². The molecule has 18 heavy (non-hydrogen) atoms. The topological polar surface area (TPSA) is 95.9 Å². The smallest absolute Gasteiger partial charge is 0.360 e. The molecule has 0 aliphatic carbocycles. The van der Waals surface area contributed by atoms with E-state index in [-0.39, 0.29) is 11.4 Å². The second-order valence-electron chi connectivity index (χ2n) is 3.79. The number of rotatable bonds is 2. The molecule has 0 aliphatic heterocycles. The Morgan fingerprint density at radius 2 is 2.17 bits per heavy atom. The zero-order valence-electron chi connectivity index (χ0n) is 10.3. The van der Waals surface area contributed by atoms with Crippen LogP contribution in [-0.2, 0) is 4.74 Å². The normalized spacial score (nSPS) is 10.4. The molecule has 0 aromatic carbocycles. The summed E-state index contributed by atoms with van der Waals surface area (Å²) in [6.07, 6.45) is 3.18. The minimum atomic E-state index is -0.579. The number of carbonyl (C=O) groups is 1. The first-order chi connectivity index (χ1) is 8.52. The second-order valence-corrected chi connectivity index (χ2v) is 3.79. The van der Waals surface area contributed by atoms with E-state index in [4.69, 9.17) is 5.73 Å². The van der Waals surface area contributed by atoms with E-state index < -0.39 is 5.97 Å². The van der Waals surface area contributed by atoms with Crippen LogP contribution < -0.4 is 5.73 Å². The summed E-state index contributed by atoms with van der Waals surface area (Å²) in [5, 5.41) is 4.07. The summed E-state index contributed by atoms with van der Waals surface area (Å²) in [6.45, 7) is 3.63. The number of anilines is 1. The highest BCUT2D eigenvalue weighted by molar-refractivity contribution is 5.92. The first-order valence-electron chi connectivity index (χ1n) is 5.27. The number of ether oxygens (including phenoxy) is 1. The molecule has 0 aliphatic rings. The number of carbonyl (C=O) groups excluding carboxylic acids is 1. The Bertz CT molecular complexity index is 605. The highest BCUT2D eigenvalue weighted by Gasteiger charge is 2.17. The van der Waals surface area contributed by atoms with Crippen LogP contribution in [-0.4, -0.2) is 32.8 Å². The summed E-state index contributed by atoms with van der Waals surface area (Å²) in [5.74, 6) is -0.0404. The molecule has 7 nitrogen and oxygen atoms in total. The quantitative estimate of drug-likeness (QED) is 0.782. The van der Waals surface area contributed by atoms with Crippen LogP contribution in [0.4, 0.5) is 5.69 Å². The number of hydrogen-bond acceptors (Lipinski definition) is 6. The third-order valence-corrected chi connectivity index (χ3v) is 2.39. The van der Waals surface area contributed by atoms with Gasteiger partial charge in [-0.05, 0) is 13.8 Å². The van der Waals surface area contributed by atoms with Gasteiger partial charge in [0.2, 0.25) is 0 Å². The SMILES string of the molecule is COC(=O)c1nn(-c2nc(C)cnc2C)cc1N. The zero-order chi connectivity index (χ0) is 13.3. The van der Waals surface area contributed by atoms with Crippen molar-refractivity contribution in [3.8, 4) is 5.82 Å². The van der Waals surface area contributed by atoms with E-state index >= 15 is 0 Å². The Balaban J connectivity index is 2.52. The summed E-state index contributed by atoms with van der Waals surface area (Å²) in [5.41, 5.74) is 7.47. The Kier molecular flexibility index (Phi) is 2.97.